The van der Waals surface area contributed by atoms with E-state index in [1.54, 1.807) is 12.1 Å². The summed E-state index contributed by atoms with van der Waals surface area (Å²) in [5.41, 5.74) is 1.46. The molecular formula is C17H21N3O2. The van der Waals surface area contributed by atoms with Gasteiger partial charge >= 0.3 is 0 Å². The van der Waals surface area contributed by atoms with Gasteiger partial charge in [-0.3, -0.25) is 9.69 Å². The van der Waals surface area contributed by atoms with E-state index in [4.69, 9.17) is 5.26 Å². The number of hydrogen-bond acceptors (Lipinski definition) is 4. The summed E-state index contributed by atoms with van der Waals surface area (Å²) in [4.78, 5) is 16.7. The second-order valence-electron chi connectivity index (χ2n) is 6.24. The molecule has 3 atom stereocenters. The fourth-order valence-corrected chi connectivity index (χ4v) is 3.47. The van der Waals surface area contributed by atoms with Crippen LogP contribution in [0.25, 0.3) is 0 Å². The van der Waals surface area contributed by atoms with Gasteiger partial charge in [0, 0.05) is 18.8 Å². The summed E-state index contributed by atoms with van der Waals surface area (Å²) >= 11 is 0. The Morgan fingerprint density at radius 2 is 2.00 bits per heavy atom. The summed E-state index contributed by atoms with van der Waals surface area (Å²) in [6.07, 6.45) is 1.47. The number of rotatable bonds is 3. The second-order valence-corrected chi connectivity index (χ2v) is 6.24. The molecular weight excluding hydrogens is 278 g/mol. The first-order chi connectivity index (χ1) is 10.6. The molecule has 1 aromatic rings. The van der Waals surface area contributed by atoms with Crippen molar-refractivity contribution in [3.63, 3.8) is 0 Å². The lowest BCUT2D eigenvalue weighted by Crippen LogP contribution is -2.41. The van der Waals surface area contributed by atoms with E-state index in [-0.39, 0.29) is 24.0 Å². The van der Waals surface area contributed by atoms with Gasteiger partial charge in [0.1, 0.15) is 0 Å². The number of hydrogen-bond donors (Lipinski definition) is 1. The Balaban J connectivity index is 1.68. The summed E-state index contributed by atoms with van der Waals surface area (Å²) in [5.74, 6) is 0.410. The van der Waals surface area contributed by atoms with Crippen LogP contribution in [0.5, 0.6) is 0 Å². The Hall–Kier alpha value is -1.90. The number of aliphatic hydroxyl groups is 1. The van der Waals surface area contributed by atoms with Gasteiger partial charge < -0.3 is 10.0 Å². The minimum absolute atomic E-state index is 0.0700. The van der Waals surface area contributed by atoms with E-state index in [9.17, 15) is 9.90 Å². The third-order valence-corrected chi connectivity index (χ3v) is 4.86. The summed E-state index contributed by atoms with van der Waals surface area (Å²) in [6.45, 7) is 4.22. The summed E-state index contributed by atoms with van der Waals surface area (Å²) in [5, 5.41) is 18.6. The van der Waals surface area contributed by atoms with E-state index >= 15 is 0 Å². The quantitative estimate of drug-likeness (QED) is 0.915. The van der Waals surface area contributed by atoms with Crippen molar-refractivity contribution in [1.82, 2.24) is 4.90 Å². The highest BCUT2D eigenvalue weighted by Gasteiger charge is 2.40. The van der Waals surface area contributed by atoms with Crippen molar-refractivity contribution in [3.8, 4) is 6.07 Å². The zero-order valence-corrected chi connectivity index (χ0v) is 12.8. The van der Waals surface area contributed by atoms with Crippen molar-refractivity contribution in [1.29, 1.82) is 5.26 Å². The molecule has 0 radical (unpaired) electrons. The number of nitriles is 1. The van der Waals surface area contributed by atoms with Crippen LogP contribution in [0.1, 0.15) is 25.3 Å². The van der Waals surface area contributed by atoms with Crippen molar-refractivity contribution in [2.75, 3.05) is 24.5 Å². The van der Waals surface area contributed by atoms with Crippen LogP contribution < -0.4 is 4.90 Å². The molecule has 0 bridgehead atoms. The normalized spacial score (nSPS) is 27.1. The molecule has 2 heterocycles. The number of nitrogens with zero attached hydrogens (tertiary/aromatic N) is 3. The molecule has 22 heavy (non-hydrogen) atoms. The first kappa shape index (κ1) is 15.0. The van der Waals surface area contributed by atoms with Crippen molar-refractivity contribution in [3.05, 3.63) is 29.8 Å². The highest BCUT2D eigenvalue weighted by atomic mass is 16.3. The average Bonchev–Trinajstić information content (AvgIpc) is 3.14. The van der Waals surface area contributed by atoms with Crippen LogP contribution >= 0.6 is 0 Å². The molecule has 0 aromatic heterocycles. The number of aliphatic hydroxyl groups excluding tert-OH is 1. The SMILES string of the molecule is CC(O)C1CCN(C2CCN(c3ccc(C#N)cc3)C2=O)C1. The van der Waals surface area contributed by atoms with Gasteiger partial charge in [0.05, 0.1) is 23.8 Å². The van der Waals surface area contributed by atoms with Crippen molar-refractivity contribution < 1.29 is 9.90 Å². The molecule has 2 aliphatic rings. The second kappa shape index (κ2) is 6.07. The third-order valence-electron chi connectivity index (χ3n) is 4.86. The highest BCUT2D eigenvalue weighted by molar-refractivity contribution is 5.99. The lowest BCUT2D eigenvalue weighted by molar-refractivity contribution is -0.121. The first-order valence-electron chi connectivity index (χ1n) is 7.84. The lowest BCUT2D eigenvalue weighted by Gasteiger charge is -2.24. The first-order valence-corrected chi connectivity index (χ1v) is 7.84. The van der Waals surface area contributed by atoms with Crippen molar-refractivity contribution >= 4 is 11.6 Å². The number of carbonyl (C=O) groups excluding carboxylic acids is 1. The van der Waals surface area contributed by atoms with Gasteiger partial charge in [0.2, 0.25) is 5.91 Å². The van der Waals surface area contributed by atoms with Crippen LogP contribution in [-0.2, 0) is 4.79 Å². The smallest absolute Gasteiger partial charge is 0.244 e. The third kappa shape index (κ3) is 2.72. The largest absolute Gasteiger partial charge is 0.393 e. The number of anilines is 1. The molecule has 1 aromatic carbocycles. The Morgan fingerprint density at radius 3 is 2.59 bits per heavy atom. The fraction of sp³-hybridized carbons (Fsp3) is 0.529. The molecule has 2 saturated heterocycles. The minimum atomic E-state index is -0.309. The van der Waals surface area contributed by atoms with Crippen LogP contribution in [0.4, 0.5) is 5.69 Å². The van der Waals surface area contributed by atoms with Gasteiger partial charge in [-0.15, -0.1) is 0 Å². The molecule has 0 saturated carbocycles. The summed E-state index contributed by atoms with van der Waals surface area (Å²) < 4.78 is 0. The van der Waals surface area contributed by atoms with E-state index in [1.165, 1.54) is 0 Å². The maximum absolute atomic E-state index is 12.7. The number of likely N-dealkylation sites (tertiary alicyclic amines) is 1. The van der Waals surface area contributed by atoms with Gasteiger partial charge in [-0.2, -0.15) is 5.26 Å². The molecule has 0 spiro atoms. The van der Waals surface area contributed by atoms with E-state index in [2.05, 4.69) is 11.0 Å². The molecule has 1 N–H and O–H groups in total. The van der Waals surface area contributed by atoms with Crippen LogP contribution in [0.2, 0.25) is 0 Å². The van der Waals surface area contributed by atoms with E-state index in [0.717, 1.165) is 31.6 Å². The maximum Gasteiger partial charge on any atom is 0.244 e. The topological polar surface area (TPSA) is 67.6 Å². The molecule has 0 aliphatic carbocycles. The Morgan fingerprint density at radius 1 is 1.27 bits per heavy atom. The summed E-state index contributed by atoms with van der Waals surface area (Å²) in [7, 11) is 0. The summed E-state index contributed by atoms with van der Waals surface area (Å²) in [6, 6.07) is 9.18. The van der Waals surface area contributed by atoms with Crippen LogP contribution in [0, 0.1) is 17.2 Å². The van der Waals surface area contributed by atoms with Gasteiger partial charge in [0.25, 0.3) is 0 Å². The highest BCUT2D eigenvalue weighted by Crippen LogP contribution is 2.29. The molecule has 2 aliphatic heterocycles. The zero-order chi connectivity index (χ0) is 15.7. The fourth-order valence-electron chi connectivity index (χ4n) is 3.47. The Kier molecular flexibility index (Phi) is 4.14. The molecule has 116 valence electrons. The van der Waals surface area contributed by atoms with Crippen molar-refractivity contribution in [2.24, 2.45) is 5.92 Å². The molecule has 5 heteroatoms. The standard InChI is InChI=1S/C17H21N3O2/c1-12(21)14-6-8-19(11-14)16-7-9-20(17(16)22)15-4-2-13(10-18)3-5-15/h2-5,12,14,16,21H,6-9,11H2,1H3. The van der Waals surface area contributed by atoms with E-state index in [1.807, 2.05) is 24.0 Å². The van der Waals surface area contributed by atoms with Crippen LogP contribution in [0.15, 0.2) is 24.3 Å². The van der Waals surface area contributed by atoms with Crippen molar-refractivity contribution in [2.45, 2.75) is 31.9 Å². The van der Waals surface area contributed by atoms with Gasteiger partial charge in [-0.05, 0) is 56.5 Å². The van der Waals surface area contributed by atoms with E-state index < -0.39 is 0 Å². The number of benzene rings is 1. The molecule has 2 fully saturated rings. The molecule has 5 nitrogen and oxygen atoms in total. The zero-order valence-electron chi connectivity index (χ0n) is 12.8. The van der Waals surface area contributed by atoms with Crippen LogP contribution in [-0.4, -0.2) is 47.7 Å². The predicted molar refractivity (Wildman–Crippen MR) is 83.3 cm³/mol. The Labute approximate surface area is 130 Å². The molecule has 3 unspecified atom stereocenters. The predicted octanol–water partition coefficient (Wildman–Crippen LogP) is 1.37. The molecule has 3 rings (SSSR count). The van der Waals surface area contributed by atoms with Gasteiger partial charge in [-0.25, -0.2) is 0 Å². The minimum Gasteiger partial charge on any atom is -0.393 e. The van der Waals surface area contributed by atoms with Crippen LogP contribution in [0.3, 0.4) is 0 Å². The lowest BCUT2D eigenvalue weighted by atomic mass is 10.0. The monoisotopic (exact) mass is 299 g/mol. The molecule has 1 amide bonds. The average molecular weight is 299 g/mol. The number of carbonyl (C=O) groups is 1. The van der Waals surface area contributed by atoms with Gasteiger partial charge in [0.15, 0.2) is 0 Å². The number of amides is 1. The van der Waals surface area contributed by atoms with E-state index in [0.29, 0.717) is 12.1 Å². The van der Waals surface area contributed by atoms with Gasteiger partial charge in [-0.1, -0.05) is 0 Å². The maximum atomic E-state index is 12.7. The Bertz CT molecular complexity index is 591.